The number of rotatable bonds is 6. The molecule has 1 aromatic rings. The number of carbonyl (C=O) groups excluding carboxylic acids is 1. The molecule has 2 rings (SSSR count). The van der Waals surface area contributed by atoms with Crippen molar-refractivity contribution in [2.75, 3.05) is 33.4 Å². The summed E-state index contributed by atoms with van der Waals surface area (Å²) in [6.07, 6.45) is 0.892. The van der Waals surface area contributed by atoms with Crippen molar-refractivity contribution in [2.24, 2.45) is 5.41 Å². The summed E-state index contributed by atoms with van der Waals surface area (Å²) in [7, 11) is 1.87. The van der Waals surface area contributed by atoms with Gasteiger partial charge in [0.25, 0.3) is 0 Å². The number of likely N-dealkylation sites (N-methyl/N-ethyl adjacent to an activating group) is 1. The van der Waals surface area contributed by atoms with Gasteiger partial charge in [0.15, 0.2) is 0 Å². The molecule has 2 N–H and O–H groups in total. The molecular weight excluding hydrogens is 292 g/mol. The monoisotopic (exact) mass is 320 g/mol. The van der Waals surface area contributed by atoms with Gasteiger partial charge >= 0.3 is 0 Å². The van der Waals surface area contributed by atoms with Crippen molar-refractivity contribution in [3.05, 3.63) is 35.4 Å². The Labute approximate surface area is 138 Å². The molecule has 0 fully saturated rings. The Balaban J connectivity index is 2.00. The van der Waals surface area contributed by atoms with E-state index in [-0.39, 0.29) is 25.2 Å². The maximum absolute atomic E-state index is 12.8. The van der Waals surface area contributed by atoms with Crippen LogP contribution in [-0.2, 0) is 17.8 Å². The second kappa shape index (κ2) is 7.43. The van der Waals surface area contributed by atoms with Gasteiger partial charge < -0.3 is 15.1 Å². The minimum absolute atomic E-state index is 0.0974. The number of benzene rings is 1. The van der Waals surface area contributed by atoms with Gasteiger partial charge in [-0.05, 0) is 31.5 Å². The maximum atomic E-state index is 12.8. The van der Waals surface area contributed by atoms with E-state index in [2.05, 4.69) is 12.1 Å². The molecule has 1 heterocycles. The maximum Gasteiger partial charge on any atom is 0.239 e. The van der Waals surface area contributed by atoms with Gasteiger partial charge in [0, 0.05) is 25.0 Å². The molecule has 1 amide bonds. The van der Waals surface area contributed by atoms with Crippen molar-refractivity contribution in [3.63, 3.8) is 0 Å². The van der Waals surface area contributed by atoms with E-state index < -0.39 is 5.41 Å². The third kappa shape index (κ3) is 4.10. The highest BCUT2D eigenvalue weighted by Crippen LogP contribution is 2.21. The van der Waals surface area contributed by atoms with E-state index in [0.29, 0.717) is 13.1 Å². The van der Waals surface area contributed by atoms with Gasteiger partial charge in [-0.25, -0.2) is 0 Å². The van der Waals surface area contributed by atoms with E-state index in [9.17, 15) is 15.0 Å². The first kappa shape index (κ1) is 17.9. The van der Waals surface area contributed by atoms with E-state index in [1.165, 1.54) is 11.1 Å². The predicted octanol–water partition coefficient (Wildman–Crippen LogP) is 0.882. The minimum Gasteiger partial charge on any atom is -0.396 e. The van der Waals surface area contributed by atoms with E-state index in [0.717, 1.165) is 13.0 Å². The summed E-state index contributed by atoms with van der Waals surface area (Å²) in [5.41, 5.74) is 1.95. The molecule has 0 aromatic heterocycles. The normalized spacial score (nSPS) is 16.3. The molecule has 5 heteroatoms. The van der Waals surface area contributed by atoms with Gasteiger partial charge in [-0.15, -0.1) is 0 Å². The Morgan fingerprint density at radius 1 is 1.30 bits per heavy atom. The average molecular weight is 320 g/mol. The molecule has 0 saturated heterocycles. The molecule has 1 atom stereocenters. The number of hydrogen-bond acceptors (Lipinski definition) is 4. The first-order chi connectivity index (χ1) is 10.9. The highest BCUT2D eigenvalue weighted by Gasteiger charge is 2.31. The van der Waals surface area contributed by atoms with Gasteiger partial charge in [0.05, 0.1) is 19.3 Å². The second-order valence-electron chi connectivity index (χ2n) is 7.00. The average Bonchev–Trinajstić information content (AvgIpc) is 2.59. The number of aliphatic hydroxyl groups excluding tert-OH is 2. The van der Waals surface area contributed by atoms with Gasteiger partial charge in [0.1, 0.15) is 0 Å². The first-order valence-electron chi connectivity index (χ1n) is 8.18. The number of nitrogens with zero attached hydrogens (tertiary/aromatic N) is 2. The molecule has 0 saturated carbocycles. The standard InChI is InChI=1S/C18H28N2O3/c1-14(19(3)11-18(2,12-21)13-22)17(23)20-9-8-15-6-4-5-7-16(15)10-20/h4-7,14,21-22H,8-13H2,1-3H3. The van der Waals surface area contributed by atoms with Crippen molar-refractivity contribution in [1.29, 1.82) is 0 Å². The Bertz CT molecular complexity index is 543. The van der Waals surface area contributed by atoms with Crippen molar-refractivity contribution < 1.29 is 15.0 Å². The third-order valence-electron chi connectivity index (χ3n) is 4.86. The van der Waals surface area contributed by atoms with Crippen molar-refractivity contribution >= 4 is 5.91 Å². The summed E-state index contributed by atoms with van der Waals surface area (Å²) in [5.74, 6) is 0.0974. The van der Waals surface area contributed by atoms with Gasteiger partial charge in [-0.1, -0.05) is 31.2 Å². The molecule has 23 heavy (non-hydrogen) atoms. The molecule has 0 radical (unpaired) electrons. The van der Waals surface area contributed by atoms with Crippen molar-refractivity contribution in [3.8, 4) is 0 Å². The van der Waals surface area contributed by atoms with Crippen LogP contribution in [0.25, 0.3) is 0 Å². The van der Waals surface area contributed by atoms with Crippen LogP contribution in [0, 0.1) is 5.41 Å². The molecule has 1 unspecified atom stereocenters. The number of hydrogen-bond donors (Lipinski definition) is 2. The van der Waals surface area contributed by atoms with Gasteiger partial charge in [-0.3, -0.25) is 9.69 Å². The largest absolute Gasteiger partial charge is 0.396 e. The fourth-order valence-electron chi connectivity index (χ4n) is 3.03. The van der Waals surface area contributed by atoms with Gasteiger partial charge in [0.2, 0.25) is 5.91 Å². The molecule has 5 nitrogen and oxygen atoms in total. The summed E-state index contributed by atoms with van der Waals surface area (Å²) in [6.45, 7) is 5.36. The van der Waals surface area contributed by atoms with Crippen LogP contribution in [0.4, 0.5) is 0 Å². The fraction of sp³-hybridized carbons (Fsp3) is 0.611. The van der Waals surface area contributed by atoms with E-state index in [4.69, 9.17) is 0 Å². The van der Waals surface area contributed by atoms with Crippen LogP contribution in [-0.4, -0.2) is 65.3 Å². The summed E-state index contributed by atoms with van der Waals surface area (Å²) in [6, 6.07) is 7.98. The molecule has 1 aromatic carbocycles. The number of fused-ring (bicyclic) bond motifs is 1. The minimum atomic E-state index is -0.599. The van der Waals surface area contributed by atoms with Gasteiger partial charge in [-0.2, -0.15) is 0 Å². The SMILES string of the molecule is CC(C(=O)N1CCc2ccccc2C1)N(C)CC(C)(CO)CO. The Morgan fingerprint density at radius 3 is 2.52 bits per heavy atom. The Kier molecular flexibility index (Phi) is 5.79. The summed E-state index contributed by atoms with van der Waals surface area (Å²) in [5, 5.41) is 18.9. The lowest BCUT2D eigenvalue weighted by Crippen LogP contribution is -2.50. The number of aliphatic hydroxyl groups is 2. The molecule has 1 aliphatic heterocycles. The first-order valence-corrected chi connectivity index (χ1v) is 8.18. The molecule has 1 aliphatic rings. The van der Waals surface area contributed by atoms with Crippen LogP contribution < -0.4 is 0 Å². The van der Waals surface area contributed by atoms with Crippen LogP contribution >= 0.6 is 0 Å². The highest BCUT2D eigenvalue weighted by molar-refractivity contribution is 5.81. The summed E-state index contributed by atoms with van der Waals surface area (Å²) in [4.78, 5) is 16.6. The zero-order valence-corrected chi connectivity index (χ0v) is 14.3. The lowest BCUT2D eigenvalue weighted by atomic mass is 9.92. The lowest BCUT2D eigenvalue weighted by Gasteiger charge is -2.37. The van der Waals surface area contributed by atoms with Crippen molar-refractivity contribution in [2.45, 2.75) is 32.9 Å². The molecule has 0 bridgehead atoms. The van der Waals surface area contributed by atoms with Crippen LogP contribution in [0.1, 0.15) is 25.0 Å². The quantitative estimate of drug-likeness (QED) is 0.817. The smallest absolute Gasteiger partial charge is 0.239 e. The topological polar surface area (TPSA) is 64.0 Å². The van der Waals surface area contributed by atoms with Crippen LogP contribution in [0.5, 0.6) is 0 Å². The van der Waals surface area contributed by atoms with E-state index in [1.54, 1.807) is 0 Å². The molecule has 0 aliphatic carbocycles. The zero-order chi connectivity index (χ0) is 17.0. The predicted molar refractivity (Wildman–Crippen MR) is 89.9 cm³/mol. The third-order valence-corrected chi connectivity index (χ3v) is 4.86. The Hall–Kier alpha value is -1.43. The number of amides is 1. The van der Waals surface area contributed by atoms with Crippen LogP contribution in [0.15, 0.2) is 24.3 Å². The van der Waals surface area contributed by atoms with Crippen LogP contribution in [0.2, 0.25) is 0 Å². The molecule has 0 spiro atoms. The molecular formula is C18H28N2O3. The van der Waals surface area contributed by atoms with Crippen LogP contribution in [0.3, 0.4) is 0 Å². The fourth-order valence-corrected chi connectivity index (χ4v) is 3.03. The molecule has 128 valence electrons. The summed E-state index contributed by atoms with van der Waals surface area (Å²) >= 11 is 0. The second-order valence-corrected chi connectivity index (χ2v) is 7.00. The Morgan fingerprint density at radius 2 is 1.91 bits per heavy atom. The highest BCUT2D eigenvalue weighted by atomic mass is 16.3. The summed E-state index contributed by atoms with van der Waals surface area (Å²) < 4.78 is 0. The van der Waals surface area contributed by atoms with E-state index in [1.807, 2.05) is 42.8 Å². The number of carbonyl (C=O) groups is 1. The lowest BCUT2D eigenvalue weighted by molar-refractivity contribution is -0.137. The zero-order valence-electron chi connectivity index (χ0n) is 14.3. The van der Waals surface area contributed by atoms with E-state index >= 15 is 0 Å². The van der Waals surface area contributed by atoms with Crippen molar-refractivity contribution in [1.82, 2.24) is 9.80 Å².